The van der Waals surface area contributed by atoms with Crippen LogP contribution in [-0.4, -0.2) is 56.1 Å². The SMILES string of the molecule is CCN(CC)S(=O)(=O)c1ccc2nnc(SCCc3nc4ccccc4c(=O)[nH]3)n2c1. The summed E-state index contributed by atoms with van der Waals surface area (Å²) in [6.07, 6.45) is 2.08. The number of aromatic amines is 1. The van der Waals surface area contributed by atoms with Gasteiger partial charge in [-0.3, -0.25) is 9.20 Å². The first-order chi connectivity index (χ1) is 14.9. The molecule has 3 aromatic heterocycles. The van der Waals surface area contributed by atoms with Gasteiger partial charge >= 0.3 is 0 Å². The molecule has 0 amide bonds. The highest BCUT2D eigenvalue weighted by Gasteiger charge is 2.22. The second kappa shape index (κ2) is 8.77. The summed E-state index contributed by atoms with van der Waals surface area (Å²) in [6, 6.07) is 10.4. The van der Waals surface area contributed by atoms with Gasteiger partial charge in [0.15, 0.2) is 10.8 Å². The van der Waals surface area contributed by atoms with Crippen LogP contribution in [0.2, 0.25) is 0 Å². The lowest BCUT2D eigenvalue weighted by molar-refractivity contribution is 0.445. The van der Waals surface area contributed by atoms with E-state index in [0.717, 1.165) is 0 Å². The molecule has 0 unspecified atom stereocenters. The molecule has 162 valence electrons. The number of thioether (sulfide) groups is 1. The zero-order valence-corrected chi connectivity index (χ0v) is 18.8. The van der Waals surface area contributed by atoms with E-state index < -0.39 is 10.0 Å². The van der Waals surface area contributed by atoms with E-state index in [1.165, 1.54) is 16.1 Å². The van der Waals surface area contributed by atoms with Crippen LogP contribution >= 0.6 is 11.8 Å². The molecule has 31 heavy (non-hydrogen) atoms. The van der Waals surface area contributed by atoms with Gasteiger partial charge in [0, 0.05) is 31.5 Å². The molecule has 4 rings (SSSR count). The Balaban J connectivity index is 1.55. The third kappa shape index (κ3) is 4.21. The summed E-state index contributed by atoms with van der Waals surface area (Å²) in [7, 11) is -3.58. The van der Waals surface area contributed by atoms with Crippen molar-refractivity contribution in [3.63, 3.8) is 0 Å². The lowest BCUT2D eigenvalue weighted by Gasteiger charge is -2.18. The molecule has 0 radical (unpaired) electrons. The minimum atomic E-state index is -3.58. The van der Waals surface area contributed by atoms with Crippen LogP contribution in [0.4, 0.5) is 0 Å². The highest BCUT2D eigenvalue weighted by Crippen LogP contribution is 2.22. The lowest BCUT2D eigenvalue weighted by atomic mass is 10.2. The molecule has 0 spiro atoms. The third-order valence-corrected chi connectivity index (χ3v) is 7.90. The predicted molar refractivity (Wildman–Crippen MR) is 120 cm³/mol. The Morgan fingerprint density at radius 1 is 1.10 bits per heavy atom. The van der Waals surface area contributed by atoms with Gasteiger partial charge in [-0.05, 0) is 24.3 Å². The molecule has 9 nitrogen and oxygen atoms in total. The third-order valence-electron chi connectivity index (χ3n) is 4.92. The number of rotatable bonds is 8. The number of sulfonamides is 1. The predicted octanol–water partition coefficient (Wildman–Crippen LogP) is 2.33. The Morgan fingerprint density at radius 3 is 2.65 bits per heavy atom. The largest absolute Gasteiger partial charge is 0.310 e. The second-order valence-electron chi connectivity index (χ2n) is 6.79. The zero-order chi connectivity index (χ0) is 22.0. The molecule has 0 aliphatic carbocycles. The van der Waals surface area contributed by atoms with Crippen LogP contribution < -0.4 is 5.56 Å². The fourth-order valence-corrected chi connectivity index (χ4v) is 5.62. The van der Waals surface area contributed by atoms with Crippen molar-refractivity contribution in [3.05, 3.63) is 58.8 Å². The number of hydrogen-bond acceptors (Lipinski definition) is 7. The van der Waals surface area contributed by atoms with Gasteiger partial charge in [-0.2, -0.15) is 4.31 Å². The van der Waals surface area contributed by atoms with Crippen LogP contribution in [0.1, 0.15) is 19.7 Å². The second-order valence-corrected chi connectivity index (χ2v) is 9.79. The van der Waals surface area contributed by atoms with Crippen molar-refractivity contribution < 1.29 is 8.42 Å². The summed E-state index contributed by atoms with van der Waals surface area (Å²) in [6.45, 7) is 4.42. The Kier molecular flexibility index (Phi) is 6.08. The van der Waals surface area contributed by atoms with Gasteiger partial charge in [0.25, 0.3) is 5.56 Å². The van der Waals surface area contributed by atoms with Crippen molar-refractivity contribution in [1.82, 2.24) is 28.9 Å². The molecule has 4 aromatic rings. The van der Waals surface area contributed by atoms with Crippen LogP contribution in [0.3, 0.4) is 0 Å². The molecule has 0 fully saturated rings. The molecule has 11 heteroatoms. The molecule has 0 atom stereocenters. The lowest BCUT2D eigenvalue weighted by Crippen LogP contribution is -2.30. The molecular formula is C20H22N6O3S2. The summed E-state index contributed by atoms with van der Waals surface area (Å²) in [5.74, 6) is 1.18. The molecule has 0 saturated heterocycles. The van der Waals surface area contributed by atoms with Crippen molar-refractivity contribution in [2.75, 3.05) is 18.8 Å². The number of aryl methyl sites for hydroxylation is 1. The van der Waals surface area contributed by atoms with Crippen LogP contribution in [0.25, 0.3) is 16.6 Å². The Bertz CT molecular complexity index is 1390. The molecule has 0 saturated carbocycles. The van der Waals surface area contributed by atoms with Gasteiger partial charge in [0.2, 0.25) is 10.0 Å². The number of benzene rings is 1. The number of fused-ring (bicyclic) bond motifs is 2. The van der Waals surface area contributed by atoms with Gasteiger partial charge in [0.1, 0.15) is 5.82 Å². The highest BCUT2D eigenvalue weighted by molar-refractivity contribution is 7.99. The van der Waals surface area contributed by atoms with Gasteiger partial charge < -0.3 is 4.98 Å². The molecule has 3 heterocycles. The summed E-state index contributed by atoms with van der Waals surface area (Å²) in [5.41, 5.74) is 1.06. The summed E-state index contributed by atoms with van der Waals surface area (Å²) in [5, 5.41) is 9.43. The number of H-pyrrole nitrogens is 1. The first-order valence-corrected chi connectivity index (χ1v) is 12.3. The Hall–Kier alpha value is -2.76. The van der Waals surface area contributed by atoms with Gasteiger partial charge in [-0.25, -0.2) is 13.4 Å². The minimum absolute atomic E-state index is 0.162. The number of nitrogens with zero attached hydrogens (tertiary/aromatic N) is 5. The fraction of sp³-hybridized carbons (Fsp3) is 0.300. The van der Waals surface area contributed by atoms with Crippen molar-refractivity contribution in [1.29, 1.82) is 0 Å². The topological polar surface area (TPSA) is 113 Å². The highest BCUT2D eigenvalue weighted by atomic mass is 32.2. The number of hydrogen-bond donors (Lipinski definition) is 1. The standard InChI is InChI=1S/C20H22N6O3S2/c1-3-25(4-2)31(28,29)14-9-10-18-23-24-20(26(18)13-14)30-12-11-17-21-16-8-6-5-7-15(16)19(27)22-17/h5-10,13H,3-4,11-12H2,1-2H3,(H,21,22,27). The summed E-state index contributed by atoms with van der Waals surface area (Å²) < 4.78 is 28.8. The minimum Gasteiger partial charge on any atom is -0.310 e. The van der Waals surface area contributed by atoms with E-state index in [1.807, 2.05) is 26.0 Å². The maximum Gasteiger partial charge on any atom is 0.258 e. The van der Waals surface area contributed by atoms with Crippen molar-refractivity contribution >= 4 is 38.3 Å². The van der Waals surface area contributed by atoms with Crippen molar-refractivity contribution in [2.45, 2.75) is 30.3 Å². The van der Waals surface area contributed by atoms with Crippen LogP contribution in [0, 0.1) is 0 Å². The van der Waals surface area contributed by atoms with E-state index in [9.17, 15) is 13.2 Å². The smallest absolute Gasteiger partial charge is 0.258 e. The number of nitrogens with one attached hydrogen (secondary N) is 1. The number of aromatic nitrogens is 5. The van der Waals surface area contributed by atoms with Crippen LogP contribution in [0.15, 0.2) is 57.4 Å². The zero-order valence-electron chi connectivity index (χ0n) is 17.1. The van der Waals surface area contributed by atoms with Gasteiger partial charge in [-0.1, -0.05) is 37.7 Å². The number of para-hydroxylation sites is 1. The van der Waals surface area contributed by atoms with Crippen molar-refractivity contribution in [2.24, 2.45) is 0 Å². The average molecular weight is 459 g/mol. The maximum atomic E-state index is 12.8. The Labute approximate surface area is 183 Å². The quantitative estimate of drug-likeness (QED) is 0.403. The average Bonchev–Trinajstić information content (AvgIpc) is 3.17. The monoisotopic (exact) mass is 458 g/mol. The molecule has 0 bridgehead atoms. The van der Waals surface area contributed by atoms with Crippen molar-refractivity contribution in [3.8, 4) is 0 Å². The van der Waals surface area contributed by atoms with E-state index in [-0.39, 0.29) is 10.5 Å². The van der Waals surface area contributed by atoms with E-state index >= 15 is 0 Å². The molecule has 1 aromatic carbocycles. The van der Waals surface area contributed by atoms with E-state index in [2.05, 4.69) is 20.2 Å². The molecular weight excluding hydrogens is 436 g/mol. The van der Waals surface area contributed by atoms with Crippen LogP contribution in [0.5, 0.6) is 0 Å². The molecule has 0 aliphatic rings. The maximum absolute atomic E-state index is 12.8. The van der Waals surface area contributed by atoms with E-state index in [1.54, 1.807) is 34.9 Å². The molecule has 0 aliphatic heterocycles. The Morgan fingerprint density at radius 2 is 1.87 bits per heavy atom. The fourth-order valence-electron chi connectivity index (χ4n) is 3.31. The summed E-state index contributed by atoms with van der Waals surface area (Å²) in [4.78, 5) is 19.7. The first-order valence-electron chi connectivity index (χ1n) is 9.89. The number of pyridine rings is 1. The van der Waals surface area contributed by atoms with Crippen LogP contribution in [-0.2, 0) is 16.4 Å². The first kappa shape index (κ1) is 21.5. The normalized spacial score (nSPS) is 12.2. The van der Waals surface area contributed by atoms with E-state index in [0.29, 0.717) is 52.8 Å². The summed E-state index contributed by atoms with van der Waals surface area (Å²) >= 11 is 1.42. The van der Waals surface area contributed by atoms with Gasteiger partial charge in [0.05, 0.1) is 15.8 Å². The molecule has 1 N–H and O–H groups in total. The van der Waals surface area contributed by atoms with Gasteiger partial charge in [-0.15, -0.1) is 10.2 Å². The van der Waals surface area contributed by atoms with E-state index in [4.69, 9.17) is 0 Å².